The van der Waals surface area contributed by atoms with Gasteiger partial charge in [-0.05, 0) is 43.4 Å². The number of esters is 4. The van der Waals surface area contributed by atoms with Crippen LogP contribution in [-0.2, 0) is 65.4 Å². The van der Waals surface area contributed by atoms with Gasteiger partial charge >= 0.3 is 39.5 Å². The average molecular weight is 1470 g/mol. The number of hydrogen-bond donors (Lipinski definition) is 3. The molecule has 0 aliphatic carbocycles. The van der Waals surface area contributed by atoms with Gasteiger partial charge in [-0.15, -0.1) is 0 Å². The second-order valence-electron chi connectivity index (χ2n) is 30.6. The van der Waals surface area contributed by atoms with Crippen molar-refractivity contribution >= 4 is 39.5 Å². The first-order valence-corrected chi connectivity index (χ1v) is 44.8. The van der Waals surface area contributed by atoms with E-state index in [2.05, 4.69) is 48.5 Å². The zero-order valence-electron chi connectivity index (χ0n) is 65.7. The predicted octanol–water partition coefficient (Wildman–Crippen LogP) is 24.1. The molecule has 0 saturated heterocycles. The zero-order chi connectivity index (χ0) is 73.7. The van der Waals surface area contributed by atoms with E-state index < -0.39 is 97.5 Å². The Hall–Kier alpha value is -1.94. The van der Waals surface area contributed by atoms with Gasteiger partial charge in [0.1, 0.15) is 19.3 Å². The van der Waals surface area contributed by atoms with Crippen LogP contribution in [0.25, 0.3) is 0 Å². The number of carbonyl (C=O) groups is 4. The largest absolute Gasteiger partial charge is 0.472 e. The first-order valence-electron chi connectivity index (χ1n) is 41.8. The van der Waals surface area contributed by atoms with Crippen LogP contribution in [0, 0.1) is 17.8 Å². The molecular formula is C81H158O17P2. The summed E-state index contributed by atoms with van der Waals surface area (Å²) in [5.74, 6) is 0.116. The number of rotatable bonds is 79. The number of unbranched alkanes of at least 4 members (excludes halogenated alkanes) is 47. The molecule has 0 spiro atoms. The van der Waals surface area contributed by atoms with Crippen LogP contribution < -0.4 is 0 Å². The van der Waals surface area contributed by atoms with Crippen molar-refractivity contribution in [2.75, 3.05) is 39.6 Å². The van der Waals surface area contributed by atoms with Gasteiger partial charge in [0, 0.05) is 25.7 Å². The summed E-state index contributed by atoms with van der Waals surface area (Å²) in [6.45, 7) is 11.9. The van der Waals surface area contributed by atoms with E-state index in [0.29, 0.717) is 31.6 Å². The highest BCUT2D eigenvalue weighted by Crippen LogP contribution is 2.45. The summed E-state index contributed by atoms with van der Waals surface area (Å²) in [5, 5.41) is 10.6. The molecule has 0 heterocycles. The first-order chi connectivity index (χ1) is 48.2. The molecule has 17 nitrogen and oxygen atoms in total. The molecule has 5 atom stereocenters. The van der Waals surface area contributed by atoms with Crippen molar-refractivity contribution in [2.45, 2.75) is 439 Å². The molecule has 0 radical (unpaired) electrons. The molecule has 3 N–H and O–H groups in total. The number of carbonyl (C=O) groups excluding carboxylic acids is 4. The molecule has 0 bridgehead atoms. The average Bonchev–Trinajstić information content (AvgIpc) is 1.05. The van der Waals surface area contributed by atoms with Crippen LogP contribution in [0.4, 0.5) is 0 Å². The minimum Gasteiger partial charge on any atom is -0.462 e. The summed E-state index contributed by atoms with van der Waals surface area (Å²) in [6, 6.07) is 0. The lowest BCUT2D eigenvalue weighted by molar-refractivity contribution is -0.161. The van der Waals surface area contributed by atoms with E-state index in [9.17, 15) is 43.2 Å². The summed E-state index contributed by atoms with van der Waals surface area (Å²) >= 11 is 0. The van der Waals surface area contributed by atoms with Crippen LogP contribution in [0.2, 0.25) is 0 Å². The Labute approximate surface area is 613 Å². The Morgan fingerprint density at radius 2 is 0.460 bits per heavy atom. The lowest BCUT2D eigenvalue weighted by atomic mass is 10.0. The van der Waals surface area contributed by atoms with Crippen molar-refractivity contribution in [2.24, 2.45) is 17.8 Å². The Bertz CT molecular complexity index is 1940. The lowest BCUT2D eigenvalue weighted by Crippen LogP contribution is -2.30. The van der Waals surface area contributed by atoms with Crippen molar-refractivity contribution < 1.29 is 80.2 Å². The Morgan fingerprint density at radius 1 is 0.270 bits per heavy atom. The molecule has 0 fully saturated rings. The van der Waals surface area contributed by atoms with Crippen molar-refractivity contribution in [1.29, 1.82) is 0 Å². The van der Waals surface area contributed by atoms with Gasteiger partial charge in [-0.2, -0.15) is 0 Å². The maximum atomic E-state index is 13.1. The van der Waals surface area contributed by atoms with Gasteiger partial charge in [-0.25, -0.2) is 9.13 Å². The number of hydrogen-bond acceptors (Lipinski definition) is 15. The van der Waals surface area contributed by atoms with E-state index in [1.165, 1.54) is 225 Å². The van der Waals surface area contributed by atoms with Gasteiger partial charge < -0.3 is 33.8 Å². The SMILES string of the molecule is CCCCCCCCCCCCCCCCCCCCCCCC(=O)O[C@H](COC(=O)CCCCCCCCCCCCCCCCC(C)C)COP(=O)(O)OC[C@@H](O)COP(=O)(O)OC[C@@H](COC(=O)CCCCCCCCC(C)C)OC(=O)CCCCCCCCCCCCC(C)C. The normalized spacial score (nSPS) is 14.0. The minimum absolute atomic E-state index is 0.105. The highest BCUT2D eigenvalue weighted by molar-refractivity contribution is 7.47. The van der Waals surface area contributed by atoms with Crippen LogP contribution in [0.15, 0.2) is 0 Å². The van der Waals surface area contributed by atoms with Gasteiger partial charge in [-0.1, -0.05) is 370 Å². The summed E-state index contributed by atoms with van der Waals surface area (Å²) in [6.07, 6.45) is 60.0. The second-order valence-corrected chi connectivity index (χ2v) is 33.5. The maximum Gasteiger partial charge on any atom is 0.472 e. The molecule has 0 amide bonds. The lowest BCUT2D eigenvalue weighted by Gasteiger charge is -2.21. The van der Waals surface area contributed by atoms with Crippen LogP contribution in [-0.4, -0.2) is 96.7 Å². The fraction of sp³-hybridized carbons (Fsp3) is 0.951. The number of aliphatic hydroxyl groups is 1. The monoisotopic (exact) mass is 1470 g/mol. The van der Waals surface area contributed by atoms with Gasteiger partial charge in [0.25, 0.3) is 0 Å². The molecule has 0 rings (SSSR count). The third-order valence-corrected chi connectivity index (χ3v) is 20.8. The van der Waals surface area contributed by atoms with Gasteiger partial charge in [0.2, 0.25) is 0 Å². The third kappa shape index (κ3) is 74.3. The Kier molecular flexibility index (Phi) is 69.9. The Morgan fingerprint density at radius 3 is 0.680 bits per heavy atom. The van der Waals surface area contributed by atoms with E-state index in [1.807, 2.05) is 0 Å². The van der Waals surface area contributed by atoms with Crippen molar-refractivity contribution in [3.63, 3.8) is 0 Å². The molecule has 0 aliphatic heterocycles. The topological polar surface area (TPSA) is 237 Å². The molecule has 0 aromatic carbocycles. The first kappa shape index (κ1) is 98.1. The van der Waals surface area contributed by atoms with Crippen LogP contribution in [0.1, 0.15) is 421 Å². The van der Waals surface area contributed by atoms with E-state index in [4.69, 9.17) is 37.0 Å². The van der Waals surface area contributed by atoms with E-state index in [-0.39, 0.29) is 25.7 Å². The summed E-state index contributed by atoms with van der Waals surface area (Å²) in [7, 11) is -9.92. The van der Waals surface area contributed by atoms with Crippen molar-refractivity contribution in [3.8, 4) is 0 Å². The van der Waals surface area contributed by atoms with Crippen LogP contribution >= 0.6 is 15.6 Å². The fourth-order valence-electron chi connectivity index (χ4n) is 12.5. The minimum atomic E-state index is -4.96. The summed E-state index contributed by atoms with van der Waals surface area (Å²) in [5.41, 5.74) is 0. The zero-order valence-corrected chi connectivity index (χ0v) is 67.5. The van der Waals surface area contributed by atoms with Crippen molar-refractivity contribution in [3.05, 3.63) is 0 Å². The van der Waals surface area contributed by atoms with E-state index in [1.54, 1.807) is 0 Å². The highest BCUT2D eigenvalue weighted by Gasteiger charge is 2.30. The summed E-state index contributed by atoms with van der Waals surface area (Å²) in [4.78, 5) is 73.0. The molecule has 0 saturated carbocycles. The molecule has 0 aliphatic rings. The molecule has 2 unspecified atom stereocenters. The van der Waals surface area contributed by atoms with E-state index >= 15 is 0 Å². The second kappa shape index (κ2) is 71.3. The molecule has 19 heteroatoms. The Balaban J connectivity index is 5.21. The van der Waals surface area contributed by atoms with Gasteiger partial charge in [0.05, 0.1) is 26.4 Å². The quantitative estimate of drug-likeness (QED) is 0.0222. The maximum absolute atomic E-state index is 13.1. The molecular weight excluding hydrogens is 1310 g/mol. The highest BCUT2D eigenvalue weighted by atomic mass is 31.2. The van der Waals surface area contributed by atoms with Crippen molar-refractivity contribution in [1.82, 2.24) is 0 Å². The molecule has 0 aromatic rings. The van der Waals surface area contributed by atoms with Crippen LogP contribution in [0.3, 0.4) is 0 Å². The van der Waals surface area contributed by atoms with Gasteiger partial charge in [0.15, 0.2) is 12.2 Å². The number of phosphoric ester groups is 2. The smallest absolute Gasteiger partial charge is 0.462 e. The third-order valence-electron chi connectivity index (χ3n) is 18.9. The van der Waals surface area contributed by atoms with Gasteiger partial charge in [-0.3, -0.25) is 37.3 Å². The molecule has 100 heavy (non-hydrogen) atoms. The van der Waals surface area contributed by atoms with E-state index in [0.717, 1.165) is 108 Å². The molecule has 594 valence electrons. The summed E-state index contributed by atoms with van der Waals surface area (Å²) < 4.78 is 68.7. The fourth-order valence-corrected chi connectivity index (χ4v) is 14.1. The number of ether oxygens (including phenoxy) is 4. The standard InChI is InChI=1S/C81H158O17P2/c1-8-9-10-11-12-13-14-15-16-17-18-19-20-21-22-27-30-36-41-50-57-64-80(85)97-76(68-91-78(83)62-55-48-40-35-29-26-24-23-25-28-33-38-45-52-59-72(2)3)70-95-99(87,88)93-66-75(82)67-94-100(89,90)96-71-77(69-92-79(84)63-56-49-44-43-47-54-61-74(6)7)98-81(86)65-58-51-42-37-32-31-34-39-46-53-60-73(4)5/h72-77,82H,8-71H2,1-7H3,(H,87,88)(H,89,90)/t75-,76-,77-/m1/s1. The number of aliphatic hydroxyl groups excluding tert-OH is 1. The van der Waals surface area contributed by atoms with Crippen LogP contribution in [0.5, 0.6) is 0 Å². The number of phosphoric acid groups is 2. The predicted molar refractivity (Wildman–Crippen MR) is 409 cm³/mol. The molecule has 0 aromatic heterocycles.